The van der Waals surface area contributed by atoms with Gasteiger partial charge in [0.05, 0.1) is 10.9 Å². The van der Waals surface area contributed by atoms with Gasteiger partial charge in [-0.3, -0.25) is 0 Å². The molecular formula is C19H21NO3S. The molecule has 1 heterocycles. The summed E-state index contributed by atoms with van der Waals surface area (Å²) >= 11 is 0. The quantitative estimate of drug-likeness (QED) is 0.704. The minimum Gasteiger partial charge on any atom is -0.459 e. The molecule has 0 radical (unpaired) electrons. The van der Waals surface area contributed by atoms with Crippen LogP contribution in [0.15, 0.2) is 57.8 Å². The highest BCUT2D eigenvalue weighted by molar-refractivity contribution is 7.89. The molecule has 0 spiro atoms. The Morgan fingerprint density at radius 3 is 2.46 bits per heavy atom. The number of sulfonamides is 1. The second kappa shape index (κ2) is 6.07. The summed E-state index contributed by atoms with van der Waals surface area (Å²) in [5.74, 6) is 0.632. The van der Waals surface area contributed by atoms with Crippen LogP contribution in [0.3, 0.4) is 0 Å². The summed E-state index contributed by atoms with van der Waals surface area (Å²) in [6, 6.07) is 14.6. The third kappa shape index (κ3) is 2.85. The standard InChI is InChI=1S/C19H21NO3S/c1-13-9-10-14(2)19(11-13)24(21,22)20(4)15(3)18-12-16-7-5-6-8-17(16)23-18/h5-12,15H,1-4H3/t15-/m0/s1. The highest BCUT2D eigenvalue weighted by Gasteiger charge is 2.29. The molecule has 0 aliphatic rings. The maximum Gasteiger partial charge on any atom is 0.243 e. The number of aryl methyl sites for hydroxylation is 2. The topological polar surface area (TPSA) is 50.5 Å². The van der Waals surface area contributed by atoms with Gasteiger partial charge in [0.15, 0.2) is 0 Å². The van der Waals surface area contributed by atoms with Crippen molar-refractivity contribution in [3.05, 3.63) is 65.4 Å². The molecule has 0 aliphatic carbocycles. The minimum absolute atomic E-state index is 0.341. The highest BCUT2D eigenvalue weighted by atomic mass is 32.2. The largest absolute Gasteiger partial charge is 0.459 e. The van der Waals surface area contributed by atoms with E-state index < -0.39 is 16.1 Å². The van der Waals surface area contributed by atoms with Gasteiger partial charge in [-0.2, -0.15) is 4.31 Å². The van der Waals surface area contributed by atoms with Crippen molar-refractivity contribution in [2.24, 2.45) is 0 Å². The van der Waals surface area contributed by atoms with Gasteiger partial charge < -0.3 is 4.42 Å². The molecule has 24 heavy (non-hydrogen) atoms. The van der Waals surface area contributed by atoms with Gasteiger partial charge in [-0.05, 0) is 50.1 Å². The van der Waals surface area contributed by atoms with Gasteiger partial charge in [-0.15, -0.1) is 0 Å². The molecular weight excluding hydrogens is 322 g/mol. The van der Waals surface area contributed by atoms with Crippen LogP contribution in [0.4, 0.5) is 0 Å². The lowest BCUT2D eigenvalue weighted by molar-refractivity contribution is 0.348. The first-order chi connectivity index (χ1) is 11.3. The SMILES string of the molecule is Cc1ccc(C)c(S(=O)(=O)N(C)[C@@H](C)c2cc3ccccc3o2)c1. The first kappa shape index (κ1) is 16.7. The Balaban J connectivity index is 2.00. The third-order valence-electron chi connectivity index (χ3n) is 4.40. The molecule has 0 N–H and O–H groups in total. The van der Waals surface area contributed by atoms with Crippen molar-refractivity contribution in [1.29, 1.82) is 0 Å². The summed E-state index contributed by atoms with van der Waals surface area (Å²) in [6.07, 6.45) is 0. The average molecular weight is 343 g/mol. The van der Waals surface area contributed by atoms with Gasteiger partial charge in [0, 0.05) is 12.4 Å². The maximum absolute atomic E-state index is 13.0. The van der Waals surface area contributed by atoms with Crippen LogP contribution in [0.5, 0.6) is 0 Å². The molecule has 1 aromatic heterocycles. The number of benzene rings is 2. The molecule has 0 fully saturated rings. The van der Waals surface area contributed by atoms with E-state index in [1.165, 1.54) is 4.31 Å². The second-order valence-corrected chi connectivity index (χ2v) is 8.12. The number of nitrogens with zero attached hydrogens (tertiary/aromatic N) is 1. The molecule has 0 aliphatic heterocycles. The summed E-state index contributed by atoms with van der Waals surface area (Å²) < 4.78 is 33.2. The molecule has 0 bridgehead atoms. The van der Waals surface area contributed by atoms with E-state index in [2.05, 4.69) is 0 Å². The number of fused-ring (bicyclic) bond motifs is 1. The molecule has 5 heteroatoms. The maximum atomic E-state index is 13.0. The summed E-state index contributed by atoms with van der Waals surface area (Å²) in [4.78, 5) is 0.341. The van der Waals surface area contributed by atoms with E-state index in [1.54, 1.807) is 13.1 Å². The van der Waals surface area contributed by atoms with E-state index in [0.29, 0.717) is 10.7 Å². The average Bonchev–Trinajstić information content (AvgIpc) is 2.99. The van der Waals surface area contributed by atoms with Crippen LogP contribution in [0.1, 0.15) is 29.9 Å². The lowest BCUT2D eigenvalue weighted by Gasteiger charge is -2.23. The lowest BCUT2D eigenvalue weighted by atomic mass is 10.2. The first-order valence-corrected chi connectivity index (χ1v) is 9.28. The Hall–Kier alpha value is -2.11. The summed E-state index contributed by atoms with van der Waals surface area (Å²) in [7, 11) is -2.01. The molecule has 0 amide bonds. The zero-order valence-corrected chi connectivity index (χ0v) is 15.1. The van der Waals surface area contributed by atoms with Crippen LogP contribution in [0.2, 0.25) is 0 Å². The van der Waals surface area contributed by atoms with Crippen molar-refractivity contribution in [2.75, 3.05) is 7.05 Å². The summed E-state index contributed by atoms with van der Waals surface area (Å²) in [6.45, 7) is 5.54. The van der Waals surface area contributed by atoms with E-state index >= 15 is 0 Å². The Bertz CT molecular complexity index is 956. The summed E-state index contributed by atoms with van der Waals surface area (Å²) in [5, 5.41) is 0.969. The zero-order chi connectivity index (χ0) is 17.5. The fraction of sp³-hybridized carbons (Fsp3) is 0.263. The van der Waals surface area contributed by atoms with E-state index in [1.807, 2.05) is 63.2 Å². The van der Waals surface area contributed by atoms with Gasteiger partial charge in [-0.1, -0.05) is 30.3 Å². The molecule has 0 saturated heterocycles. The molecule has 1 atom stereocenters. The van der Waals surface area contributed by atoms with Crippen LogP contribution in [0.25, 0.3) is 11.0 Å². The smallest absolute Gasteiger partial charge is 0.243 e. The first-order valence-electron chi connectivity index (χ1n) is 7.84. The minimum atomic E-state index is -3.60. The van der Waals surface area contributed by atoms with Gasteiger partial charge in [-0.25, -0.2) is 8.42 Å². The predicted octanol–water partition coefficient (Wildman–Crippen LogP) is 4.43. The molecule has 4 nitrogen and oxygen atoms in total. The molecule has 126 valence electrons. The Kier molecular flexibility index (Phi) is 4.24. The summed E-state index contributed by atoms with van der Waals surface area (Å²) in [5.41, 5.74) is 2.42. The molecule has 0 unspecified atom stereocenters. The monoisotopic (exact) mass is 343 g/mol. The van der Waals surface area contributed by atoms with Gasteiger partial charge in [0.1, 0.15) is 11.3 Å². The van der Waals surface area contributed by atoms with Crippen molar-refractivity contribution in [3.63, 3.8) is 0 Å². The highest BCUT2D eigenvalue weighted by Crippen LogP contribution is 2.31. The van der Waals surface area contributed by atoms with Crippen molar-refractivity contribution in [2.45, 2.75) is 31.7 Å². The Morgan fingerprint density at radius 1 is 1.04 bits per heavy atom. The van der Waals surface area contributed by atoms with Crippen LogP contribution in [-0.4, -0.2) is 19.8 Å². The van der Waals surface area contributed by atoms with Gasteiger partial charge >= 0.3 is 0 Å². The van der Waals surface area contributed by atoms with Crippen LogP contribution < -0.4 is 0 Å². The van der Waals surface area contributed by atoms with Crippen LogP contribution in [-0.2, 0) is 10.0 Å². The van der Waals surface area contributed by atoms with Gasteiger partial charge in [0.25, 0.3) is 0 Å². The number of furan rings is 1. The lowest BCUT2D eigenvalue weighted by Crippen LogP contribution is -2.30. The molecule has 2 aromatic carbocycles. The van der Waals surface area contributed by atoms with Gasteiger partial charge in [0.2, 0.25) is 10.0 Å². The fourth-order valence-corrected chi connectivity index (χ4v) is 4.38. The van der Waals surface area contributed by atoms with Crippen molar-refractivity contribution >= 4 is 21.0 Å². The van der Waals surface area contributed by atoms with Crippen LogP contribution in [0, 0.1) is 13.8 Å². The normalized spacial score (nSPS) is 13.5. The van der Waals surface area contributed by atoms with E-state index in [-0.39, 0.29) is 0 Å². The van der Waals surface area contributed by atoms with E-state index in [9.17, 15) is 8.42 Å². The molecule has 3 rings (SSSR count). The number of hydrogen-bond acceptors (Lipinski definition) is 3. The number of rotatable bonds is 4. The fourth-order valence-electron chi connectivity index (χ4n) is 2.74. The van der Waals surface area contributed by atoms with Crippen molar-refractivity contribution in [1.82, 2.24) is 4.31 Å². The van der Waals surface area contributed by atoms with Crippen molar-refractivity contribution < 1.29 is 12.8 Å². The zero-order valence-electron chi connectivity index (χ0n) is 14.3. The number of para-hydroxylation sites is 1. The Morgan fingerprint density at radius 2 is 1.75 bits per heavy atom. The molecule has 0 saturated carbocycles. The molecule has 3 aromatic rings. The second-order valence-electron chi connectivity index (χ2n) is 6.15. The van der Waals surface area contributed by atoms with Crippen molar-refractivity contribution in [3.8, 4) is 0 Å². The Labute approximate surface area is 142 Å². The number of hydrogen-bond donors (Lipinski definition) is 0. The van der Waals surface area contributed by atoms with E-state index in [0.717, 1.165) is 22.1 Å². The third-order valence-corrected chi connectivity index (χ3v) is 6.47. The van der Waals surface area contributed by atoms with Crippen LogP contribution >= 0.6 is 0 Å². The predicted molar refractivity (Wildman–Crippen MR) is 95.5 cm³/mol. The van der Waals surface area contributed by atoms with E-state index in [4.69, 9.17) is 4.42 Å².